The number of carbonyl (C=O) groups is 1. The van der Waals surface area contributed by atoms with Gasteiger partial charge in [-0.25, -0.2) is 0 Å². The largest absolute Gasteiger partial charge is 0.391 e. The second kappa shape index (κ2) is 4.81. The standard InChI is InChI=1S/C8H17NO5/c1-3-5(11)8(9,14)7(13)6(12)4(2)10/h4,6-7,10,12-14H,3,9H2,1-2H3/t4?,6?,7?,8-/m1/s1. The van der Waals surface area contributed by atoms with Crippen molar-refractivity contribution in [2.45, 2.75) is 44.3 Å². The minimum absolute atomic E-state index is 0.0728. The molecule has 0 rings (SSSR count). The van der Waals surface area contributed by atoms with Crippen molar-refractivity contribution >= 4 is 5.78 Å². The van der Waals surface area contributed by atoms with Crippen LogP contribution in [0.15, 0.2) is 0 Å². The normalized spacial score (nSPS) is 22.2. The Bertz CT molecular complexity index is 204. The Morgan fingerprint density at radius 2 is 1.86 bits per heavy atom. The number of hydrogen-bond donors (Lipinski definition) is 5. The smallest absolute Gasteiger partial charge is 0.202 e. The molecule has 14 heavy (non-hydrogen) atoms. The van der Waals surface area contributed by atoms with Crippen LogP contribution in [0, 0.1) is 0 Å². The fourth-order valence-electron chi connectivity index (χ4n) is 0.972. The lowest BCUT2D eigenvalue weighted by Gasteiger charge is -2.31. The van der Waals surface area contributed by atoms with Crippen LogP contribution >= 0.6 is 0 Å². The molecule has 6 heteroatoms. The van der Waals surface area contributed by atoms with E-state index in [-0.39, 0.29) is 6.42 Å². The molecule has 3 unspecified atom stereocenters. The summed E-state index contributed by atoms with van der Waals surface area (Å²) in [5.74, 6) is -0.801. The highest BCUT2D eigenvalue weighted by Gasteiger charge is 2.43. The van der Waals surface area contributed by atoms with Gasteiger partial charge in [-0.2, -0.15) is 0 Å². The van der Waals surface area contributed by atoms with Crippen molar-refractivity contribution < 1.29 is 25.2 Å². The molecule has 0 aliphatic carbocycles. The molecule has 0 radical (unpaired) electrons. The Morgan fingerprint density at radius 1 is 1.43 bits per heavy atom. The second-order valence-electron chi connectivity index (χ2n) is 3.28. The molecule has 0 bridgehead atoms. The highest BCUT2D eigenvalue weighted by molar-refractivity contribution is 5.86. The number of aliphatic hydroxyl groups is 4. The zero-order valence-corrected chi connectivity index (χ0v) is 8.21. The lowest BCUT2D eigenvalue weighted by molar-refractivity contribution is -0.169. The van der Waals surface area contributed by atoms with Gasteiger partial charge in [0.15, 0.2) is 5.78 Å². The van der Waals surface area contributed by atoms with Gasteiger partial charge in [0.05, 0.1) is 6.10 Å². The van der Waals surface area contributed by atoms with Crippen LogP contribution in [0.25, 0.3) is 0 Å². The van der Waals surface area contributed by atoms with Gasteiger partial charge in [-0.1, -0.05) is 6.92 Å². The van der Waals surface area contributed by atoms with E-state index in [2.05, 4.69) is 0 Å². The maximum Gasteiger partial charge on any atom is 0.202 e. The number of hydrogen-bond acceptors (Lipinski definition) is 6. The molecule has 0 aromatic carbocycles. The summed E-state index contributed by atoms with van der Waals surface area (Å²) in [7, 11) is 0. The van der Waals surface area contributed by atoms with Crippen molar-refractivity contribution in [3.8, 4) is 0 Å². The lowest BCUT2D eigenvalue weighted by atomic mass is 9.94. The first-order valence-corrected chi connectivity index (χ1v) is 4.33. The quantitative estimate of drug-likeness (QED) is 0.323. The second-order valence-corrected chi connectivity index (χ2v) is 3.28. The van der Waals surface area contributed by atoms with E-state index in [0.717, 1.165) is 0 Å². The van der Waals surface area contributed by atoms with Crippen LogP contribution in [0.3, 0.4) is 0 Å². The van der Waals surface area contributed by atoms with Crippen LogP contribution in [-0.2, 0) is 4.79 Å². The first-order chi connectivity index (χ1) is 6.25. The molecule has 0 saturated heterocycles. The van der Waals surface area contributed by atoms with E-state index in [1.165, 1.54) is 13.8 Å². The number of carbonyl (C=O) groups excluding carboxylic acids is 1. The third kappa shape index (κ3) is 2.73. The highest BCUT2D eigenvalue weighted by Crippen LogP contribution is 2.13. The summed E-state index contributed by atoms with van der Waals surface area (Å²) in [5.41, 5.74) is 2.62. The van der Waals surface area contributed by atoms with Crippen LogP contribution < -0.4 is 5.73 Å². The van der Waals surface area contributed by atoms with Gasteiger partial charge in [0.25, 0.3) is 0 Å². The van der Waals surface area contributed by atoms with Gasteiger partial charge in [0, 0.05) is 6.42 Å². The minimum Gasteiger partial charge on any atom is -0.391 e. The van der Waals surface area contributed by atoms with Crippen LogP contribution in [-0.4, -0.2) is 50.2 Å². The van der Waals surface area contributed by atoms with E-state index >= 15 is 0 Å². The number of aliphatic hydroxyl groups excluding tert-OH is 3. The highest BCUT2D eigenvalue weighted by atomic mass is 16.4. The summed E-state index contributed by atoms with van der Waals surface area (Å²) in [6.45, 7) is 2.67. The Balaban J connectivity index is 4.65. The van der Waals surface area contributed by atoms with Crippen molar-refractivity contribution in [3.63, 3.8) is 0 Å². The molecule has 6 N–H and O–H groups in total. The van der Waals surface area contributed by atoms with Crippen LogP contribution in [0.4, 0.5) is 0 Å². The van der Waals surface area contributed by atoms with E-state index in [0.29, 0.717) is 0 Å². The van der Waals surface area contributed by atoms with E-state index in [1.807, 2.05) is 0 Å². The zero-order chi connectivity index (χ0) is 11.5. The Morgan fingerprint density at radius 3 is 2.14 bits per heavy atom. The average molecular weight is 207 g/mol. The molecule has 0 fully saturated rings. The van der Waals surface area contributed by atoms with Crippen LogP contribution in [0.2, 0.25) is 0 Å². The minimum atomic E-state index is -2.52. The molecule has 0 aromatic heterocycles. The van der Waals surface area contributed by atoms with Gasteiger partial charge in [-0.3, -0.25) is 10.5 Å². The SMILES string of the molecule is CCC(=O)[C@@](N)(O)C(O)C(O)C(C)O. The van der Waals surface area contributed by atoms with Crippen molar-refractivity contribution in [2.24, 2.45) is 5.73 Å². The maximum atomic E-state index is 11.1. The summed E-state index contributed by atoms with van der Waals surface area (Å²) in [5, 5.41) is 36.8. The summed E-state index contributed by atoms with van der Waals surface area (Å²) in [6, 6.07) is 0. The molecule has 0 heterocycles. The fourth-order valence-corrected chi connectivity index (χ4v) is 0.972. The van der Waals surface area contributed by atoms with E-state index < -0.39 is 29.8 Å². The molecule has 0 saturated carbocycles. The third-order valence-corrected chi connectivity index (χ3v) is 2.04. The van der Waals surface area contributed by atoms with Gasteiger partial charge in [0.1, 0.15) is 12.2 Å². The Kier molecular flexibility index (Phi) is 4.63. The van der Waals surface area contributed by atoms with Crippen molar-refractivity contribution in [3.05, 3.63) is 0 Å². The number of nitrogens with two attached hydrogens (primary N) is 1. The number of rotatable bonds is 5. The van der Waals surface area contributed by atoms with Crippen LogP contribution in [0.1, 0.15) is 20.3 Å². The maximum absolute atomic E-state index is 11.1. The summed E-state index contributed by atoms with van der Waals surface area (Å²) >= 11 is 0. The van der Waals surface area contributed by atoms with Crippen molar-refractivity contribution in [2.75, 3.05) is 0 Å². The summed E-state index contributed by atoms with van der Waals surface area (Å²) < 4.78 is 0. The number of ketones is 1. The van der Waals surface area contributed by atoms with E-state index in [4.69, 9.17) is 10.8 Å². The van der Waals surface area contributed by atoms with Crippen molar-refractivity contribution in [1.29, 1.82) is 0 Å². The topological polar surface area (TPSA) is 124 Å². The van der Waals surface area contributed by atoms with Gasteiger partial charge in [-0.15, -0.1) is 0 Å². The summed E-state index contributed by atoms with van der Waals surface area (Å²) in [4.78, 5) is 11.1. The fraction of sp³-hybridized carbons (Fsp3) is 0.875. The third-order valence-electron chi connectivity index (χ3n) is 2.04. The molecule has 0 amide bonds. The predicted octanol–water partition coefficient (Wildman–Crippen LogP) is -2.28. The van der Waals surface area contributed by atoms with E-state index in [1.54, 1.807) is 0 Å². The van der Waals surface area contributed by atoms with Gasteiger partial charge in [0.2, 0.25) is 5.72 Å². The van der Waals surface area contributed by atoms with Gasteiger partial charge >= 0.3 is 0 Å². The first-order valence-electron chi connectivity index (χ1n) is 4.33. The summed E-state index contributed by atoms with van der Waals surface area (Å²) in [6.07, 6.45) is -4.93. The molecule has 4 atom stereocenters. The molecule has 84 valence electrons. The molecular weight excluding hydrogens is 190 g/mol. The zero-order valence-electron chi connectivity index (χ0n) is 8.21. The monoisotopic (exact) mass is 207 g/mol. The van der Waals surface area contributed by atoms with E-state index in [9.17, 15) is 20.1 Å². The molecular formula is C8H17NO5. The Hall–Kier alpha value is -0.530. The lowest BCUT2D eigenvalue weighted by Crippen LogP contribution is -2.62. The van der Waals surface area contributed by atoms with Gasteiger partial charge in [-0.05, 0) is 6.92 Å². The predicted molar refractivity (Wildman–Crippen MR) is 48.1 cm³/mol. The average Bonchev–Trinajstić information content (AvgIpc) is 2.13. The molecule has 0 aliphatic heterocycles. The molecule has 6 nitrogen and oxygen atoms in total. The first kappa shape index (κ1) is 13.5. The van der Waals surface area contributed by atoms with Crippen LogP contribution in [0.5, 0.6) is 0 Å². The van der Waals surface area contributed by atoms with Gasteiger partial charge < -0.3 is 20.4 Å². The number of Topliss-reactive ketones (excluding diaryl/α,β-unsaturated/α-hetero) is 1. The Labute approximate surface area is 82.0 Å². The molecule has 0 aromatic rings. The van der Waals surface area contributed by atoms with Crippen molar-refractivity contribution in [1.82, 2.24) is 0 Å². The molecule has 0 spiro atoms. The molecule has 0 aliphatic rings.